The summed E-state index contributed by atoms with van der Waals surface area (Å²) in [4.78, 5) is 28.4. The van der Waals surface area contributed by atoms with Gasteiger partial charge in [-0.15, -0.1) is 0 Å². The Morgan fingerprint density at radius 2 is 2.00 bits per heavy atom. The van der Waals surface area contributed by atoms with Gasteiger partial charge >= 0.3 is 0 Å². The average molecular weight is 583 g/mol. The van der Waals surface area contributed by atoms with Crippen LogP contribution in [-0.2, 0) is 9.53 Å². The fraction of sp³-hybridized carbons (Fsp3) is 0.393. The van der Waals surface area contributed by atoms with E-state index in [9.17, 15) is 10.1 Å². The molecule has 0 saturated carbocycles. The molecule has 3 atom stereocenters. The summed E-state index contributed by atoms with van der Waals surface area (Å²) in [6.45, 7) is 5.62. The molecule has 1 N–H and O–H groups in total. The Labute approximate surface area is 241 Å². The van der Waals surface area contributed by atoms with Crippen LogP contribution in [0.2, 0.25) is 10.0 Å². The van der Waals surface area contributed by atoms with Gasteiger partial charge in [0.25, 0.3) is 0 Å². The maximum absolute atomic E-state index is 12.0. The summed E-state index contributed by atoms with van der Waals surface area (Å²) in [5.41, 5.74) is 1.56. The number of aromatic nitrogens is 3. The van der Waals surface area contributed by atoms with Gasteiger partial charge in [-0.1, -0.05) is 29.8 Å². The molecule has 4 heterocycles. The van der Waals surface area contributed by atoms with Crippen molar-refractivity contribution in [2.24, 2.45) is 11.8 Å². The molecule has 3 aromatic rings. The van der Waals surface area contributed by atoms with Crippen LogP contribution in [0.15, 0.2) is 31.0 Å². The molecular formula is C28H28Cl2N6O4. The second-order valence-electron chi connectivity index (χ2n) is 9.73. The van der Waals surface area contributed by atoms with E-state index in [0.717, 1.165) is 0 Å². The van der Waals surface area contributed by atoms with Crippen molar-refractivity contribution in [3.8, 4) is 28.8 Å². The van der Waals surface area contributed by atoms with Gasteiger partial charge in [-0.25, -0.2) is 15.0 Å². The lowest BCUT2D eigenvalue weighted by Crippen LogP contribution is -2.30. The summed E-state index contributed by atoms with van der Waals surface area (Å²) in [7, 11) is 3.03. The predicted molar refractivity (Wildman–Crippen MR) is 153 cm³/mol. The molecule has 2 fully saturated rings. The van der Waals surface area contributed by atoms with Crippen LogP contribution in [0.5, 0.6) is 11.5 Å². The van der Waals surface area contributed by atoms with Gasteiger partial charge in [-0.2, -0.15) is 5.26 Å². The largest absolute Gasteiger partial charge is 0.495 e. The van der Waals surface area contributed by atoms with Crippen LogP contribution in [0.3, 0.4) is 0 Å². The van der Waals surface area contributed by atoms with Gasteiger partial charge in [-0.05, 0) is 18.6 Å². The molecule has 40 heavy (non-hydrogen) atoms. The number of nitrogens with one attached hydrogen (secondary N) is 1. The maximum Gasteiger partial charge on any atom is 0.223 e. The number of allylic oxidation sites excluding steroid dienone is 1. The highest BCUT2D eigenvalue weighted by Crippen LogP contribution is 2.46. The third kappa shape index (κ3) is 5.37. The number of halogens is 2. The Morgan fingerprint density at radius 3 is 2.65 bits per heavy atom. The minimum atomic E-state index is -0.131. The Balaban J connectivity index is 1.60. The second kappa shape index (κ2) is 11.8. The van der Waals surface area contributed by atoms with Crippen LogP contribution < -0.4 is 19.7 Å². The number of fused-ring (bicyclic) bond motifs is 1. The zero-order valence-electron chi connectivity index (χ0n) is 22.1. The number of hydrogen-bond acceptors (Lipinski definition) is 10. The minimum Gasteiger partial charge on any atom is -0.495 e. The Morgan fingerprint density at radius 1 is 1.25 bits per heavy atom. The normalized spacial score (nSPS) is 20.4. The van der Waals surface area contributed by atoms with E-state index in [0.29, 0.717) is 94.6 Å². The Hall–Kier alpha value is -3.65. The summed E-state index contributed by atoms with van der Waals surface area (Å²) in [6.07, 6.45) is 4.08. The van der Waals surface area contributed by atoms with Crippen molar-refractivity contribution in [3.05, 3.63) is 41.0 Å². The quantitative estimate of drug-likeness (QED) is 0.347. The number of nitriles is 1. The van der Waals surface area contributed by atoms with E-state index >= 15 is 0 Å². The summed E-state index contributed by atoms with van der Waals surface area (Å²) in [6, 6.07) is 5.66. The first kappa shape index (κ1) is 27.9. The highest BCUT2D eigenvalue weighted by molar-refractivity contribution is 6.41. The van der Waals surface area contributed by atoms with E-state index in [1.807, 2.05) is 11.0 Å². The van der Waals surface area contributed by atoms with Crippen molar-refractivity contribution in [1.82, 2.24) is 15.0 Å². The number of carbonyl (C=O) groups excluding carboxylic acids is 1. The number of hydrogen-bond donors (Lipinski definition) is 1. The molecule has 1 aromatic carbocycles. The second-order valence-corrected chi connectivity index (χ2v) is 10.5. The summed E-state index contributed by atoms with van der Waals surface area (Å²) >= 11 is 13.4. The first-order valence-electron chi connectivity index (χ1n) is 12.8. The summed E-state index contributed by atoms with van der Waals surface area (Å²) < 4.78 is 16.5. The lowest BCUT2D eigenvalue weighted by molar-refractivity contribution is -0.115. The lowest BCUT2D eigenvalue weighted by atomic mass is 9.97. The zero-order valence-corrected chi connectivity index (χ0v) is 23.6. The molecule has 0 amide bonds. The molecule has 0 aliphatic carbocycles. The Bertz CT molecular complexity index is 1480. The third-order valence-electron chi connectivity index (χ3n) is 7.25. The van der Waals surface area contributed by atoms with Crippen molar-refractivity contribution in [1.29, 1.82) is 5.26 Å². The summed E-state index contributed by atoms with van der Waals surface area (Å²) in [5, 5.41) is 14.2. The van der Waals surface area contributed by atoms with Crippen LogP contribution in [0.1, 0.15) is 12.8 Å². The van der Waals surface area contributed by atoms with Crippen molar-refractivity contribution in [2.75, 3.05) is 50.7 Å². The molecule has 5 rings (SSSR count). The van der Waals surface area contributed by atoms with Gasteiger partial charge in [0.15, 0.2) is 11.6 Å². The molecule has 208 valence electrons. The van der Waals surface area contributed by atoms with E-state index in [-0.39, 0.29) is 23.7 Å². The smallest absolute Gasteiger partial charge is 0.223 e. The van der Waals surface area contributed by atoms with E-state index in [1.54, 1.807) is 12.3 Å². The first-order chi connectivity index (χ1) is 19.4. The Kier molecular flexibility index (Phi) is 8.26. The van der Waals surface area contributed by atoms with Crippen LogP contribution in [0.25, 0.3) is 22.2 Å². The van der Waals surface area contributed by atoms with Gasteiger partial charge in [-0.3, -0.25) is 4.79 Å². The molecular weight excluding hydrogens is 555 g/mol. The fourth-order valence-electron chi connectivity index (χ4n) is 5.08. The van der Waals surface area contributed by atoms with Crippen molar-refractivity contribution in [3.63, 3.8) is 0 Å². The van der Waals surface area contributed by atoms with Gasteiger partial charge in [0.05, 0.1) is 61.2 Å². The van der Waals surface area contributed by atoms with E-state index in [1.165, 1.54) is 20.3 Å². The van der Waals surface area contributed by atoms with E-state index < -0.39 is 0 Å². The van der Waals surface area contributed by atoms with Gasteiger partial charge in [0, 0.05) is 48.6 Å². The SMILES string of the molecule is C=CC(=O)C[C@H]1COC[C@H]1Nc1ncc2cc(-c3c(Cl)c(OC)cc(OC)c3Cl)nc(N3CCC(C#N)C3)c2n1. The number of rotatable bonds is 9. The average Bonchev–Trinajstić information content (AvgIpc) is 3.62. The fourth-order valence-corrected chi connectivity index (χ4v) is 5.77. The van der Waals surface area contributed by atoms with Crippen LogP contribution in [0.4, 0.5) is 11.8 Å². The molecule has 0 spiro atoms. The molecule has 1 unspecified atom stereocenters. The maximum atomic E-state index is 12.0. The van der Waals surface area contributed by atoms with E-state index in [2.05, 4.69) is 22.9 Å². The van der Waals surface area contributed by atoms with Gasteiger partial charge in [0.1, 0.15) is 17.0 Å². The van der Waals surface area contributed by atoms with Crippen molar-refractivity contribution >= 4 is 51.7 Å². The van der Waals surface area contributed by atoms with Crippen molar-refractivity contribution in [2.45, 2.75) is 18.9 Å². The van der Waals surface area contributed by atoms with E-state index in [4.69, 9.17) is 47.4 Å². The highest BCUT2D eigenvalue weighted by atomic mass is 35.5. The topological polar surface area (TPSA) is 122 Å². The number of benzene rings is 1. The molecule has 2 aliphatic heterocycles. The standard InChI is InChI=1S/C28H28Cl2N6O4/c1-4-18(37)7-17-13-40-14-20(17)34-28-32-11-16-8-19(23-24(29)21(38-2)9-22(39-3)25(23)30)33-27(26(16)35-28)36-6-5-15(10-31)12-36/h4,8-9,11,15,17,20H,1,5-7,12-14H2,2-3H3,(H,32,34,35)/t15?,17-,20+/m0/s1. The van der Waals surface area contributed by atoms with Crippen LogP contribution >= 0.6 is 23.2 Å². The first-order valence-corrected chi connectivity index (χ1v) is 13.5. The number of methoxy groups -OCH3 is 2. The molecule has 0 radical (unpaired) electrons. The molecule has 0 bridgehead atoms. The van der Waals surface area contributed by atoms with Crippen LogP contribution in [-0.4, -0.2) is 67.3 Å². The molecule has 10 nitrogen and oxygen atoms in total. The number of ketones is 1. The molecule has 2 aliphatic rings. The summed E-state index contributed by atoms with van der Waals surface area (Å²) in [5.74, 6) is 1.59. The zero-order chi connectivity index (χ0) is 28.4. The number of anilines is 2. The number of pyridine rings is 1. The highest BCUT2D eigenvalue weighted by Gasteiger charge is 2.31. The molecule has 12 heteroatoms. The van der Waals surface area contributed by atoms with Gasteiger partial charge < -0.3 is 24.4 Å². The third-order valence-corrected chi connectivity index (χ3v) is 8.00. The molecule has 2 aromatic heterocycles. The molecule has 2 saturated heterocycles. The number of nitrogens with zero attached hydrogens (tertiary/aromatic N) is 5. The monoisotopic (exact) mass is 582 g/mol. The van der Waals surface area contributed by atoms with Crippen LogP contribution in [0, 0.1) is 23.2 Å². The van der Waals surface area contributed by atoms with Crippen molar-refractivity contribution < 1.29 is 19.0 Å². The van der Waals surface area contributed by atoms with Gasteiger partial charge in [0.2, 0.25) is 5.95 Å². The predicted octanol–water partition coefficient (Wildman–Crippen LogP) is 4.94. The lowest BCUT2D eigenvalue weighted by Gasteiger charge is -2.22. The number of carbonyl (C=O) groups is 1. The minimum absolute atomic E-state index is 0.0212. The number of ether oxygens (including phenoxy) is 3.